The summed E-state index contributed by atoms with van der Waals surface area (Å²) in [5.41, 5.74) is 1.82. The topological polar surface area (TPSA) is 111 Å². The molecule has 0 bridgehead atoms. The number of phenolic OH excluding ortho intramolecular Hbond substituents is 1. The van der Waals surface area contributed by atoms with Crippen molar-refractivity contribution in [3.63, 3.8) is 0 Å². The van der Waals surface area contributed by atoms with Gasteiger partial charge in [0.2, 0.25) is 10.0 Å². The van der Waals surface area contributed by atoms with Gasteiger partial charge in [-0.05, 0) is 73.4 Å². The van der Waals surface area contributed by atoms with Gasteiger partial charge >= 0.3 is 6.03 Å². The van der Waals surface area contributed by atoms with Crippen LogP contribution < -0.4 is 14.8 Å². The first-order valence-electron chi connectivity index (χ1n) is 13.7. The van der Waals surface area contributed by atoms with Crippen molar-refractivity contribution in [1.82, 2.24) is 9.80 Å². The Bertz CT molecular complexity index is 1420. The number of hydrogen-bond acceptors (Lipinski definition) is 6. The van der Waals surface area contributed by atoms with Gasteiger partial charge in [-0.3, -0.25) is 9.62 Å². The van der Waals surface area contributed by atoms with Crippen LogP contribution >= 0.6 is 12.4 Å². The number of halogens is 2. The number of benzene rings is 3. The normalized spacial score (nSPS) is 14.1. The van der Waals surface area contributed by atoms with Gasteiger partial charge in [0.15, 0.2) is 0 Å². The first-order valence-corrected chi connectivity index (χ1v) is 15.6. The van der Waals surface area contributed by atoms with Crippen LogP contribution in [0.1, 0.15) is 38.2 Å². The number of nitrogens with zero attached hydrogens (tertiary/aromatic N) is 2. The summed E-state index contributed by atoms with van der Waals surface area (Å²) in [6, 6.07) is 17.9. The van der Waals surface area contributed by atoms with Gasteiger partial charge in [-0.1, -0.05) is 25.5 Å². The molecule has 1 aliphatic rings. The molecule has 0 spiro atoms. The predicted octanol–water partition coefficient (Wildman–Crippen LogP) is 6.42. The summed E-state index contributed by atoms with van der Waals surface area (Å²) < 4.78 is 44.4. The van der Waals surface area contributed by atoms with Crippen molar-refractivity contribution < 1.29 is 27.4 Å². The van der Waals surface area contributed by atoms with E-state index in [0.29, 0.717) is 23.7 Å². The average molecular weight is 621 g/mol. The molecule has 3 aromatic carbocycles. The predicted molar refractivity (Wildman–Crippen MR) is 166 cm³/mol. The summed E-state index contributed by atoms with van der Waals surface area (Å²) in [5, 5.41) is 12.8. The Labute approximate surface area is 253 Å². The second-order valence-corrected chi connectivity index (χ2v) is 12.0. The van der Waals surface area contributed by atoms with Crippen LogP contribution in [0.15, 0.2) is 66.7 Å². The molecule has 9 nitrogen and oxygen atoms in total. The number of rotatable bonds is 11. The molecule has 3 aromatic rings. The molecule has 1 aliphatic heterocycles. The molecule has 4 rings (SSSR count). The van der Waals surface area contributed by atoms with Crippen molar-refractivity contribution in [3.05, 3.63) is 78.1 Å². The van der Waals surface area contributed by atoms with E-state index in [4.69, 9.17) is 4.74 Å². The summed E-state index contributed by atoms with van der Waals surface area (Å²) >= 11 is 0. The van der Waals surface area contributed by atoms with Crippen molar-refractivity contribution in [2.45, 2.75) is 45.2 Å². The van der Waals surface area contributed by atoms with Gasteiger partial charge in [-0.2, -0.15) is 0 Å². The fraction of sp³-hybridized carbons (Fsp3) is 0.367. The van der Waals surface area contributed by atoms with E-state index in [1.165, 1.54) is 12.1 Å². The number of amides is 2. The highest BCUT2D eigenvalue weighted by atomic mass is 35.5. The largest absolute Gasteiger partial charge is 0.506 e. The van der Waals surface area contributed by atoms with Gasteiger partial charge in [-0.25, -0.2) is 17.6 Å². The van der Waals surface area contributed by atoms with Crippen molar-refractivity contribution in [2.24, 2.45) is 0 Å². The Morgan fingerprint density at radius 2 is 1.67 bits per heavy atom. The summed E-state index contributed by atoms with van der Waals surface area (Å²) in [7, 11) is -3.33. The molecule has 0 radical (unpaired) electrons. The highest BCUT2D eigenvalue weighted by molar-refractivity contribution is 7.92. The molecular weight excluding hydrogens is 583 g/mol. The van der Waals surface area contributed by atoms with E-state index in [1.54, 1.807) is 24.3 Å². The quantitative estimate of drug-likeness (QED) is 0.214. The minimum atomic E-state index is -3.33. The monoisotopic (exact) mass is 620 g/mol. The lowest BCUT2D eigenvalue weighted by atomic mass is 10.0. The Hall–Kier alpha value is -3.54. The number of phenols is 1. The molecule has 228 valence electrons. The Morgan fingerprint density at radius 3 is 2.24 bits per heavy atom. The number of anilines is 2. The lowest BCUT2D eigenvalue weighted by molar-refractivity contribution is 0.122. The number of hydrogen-bond donors (Lipinski definition) is 3. The molecule has 0 unspecified atom stereocenters. The van der Waals surface area contributed by atoms with E-state index in [1.807, 2.05) is 29.2 Å². The second kappa shape index (κ2) is 15.1. The Morgan fingerprint density at radius 1 is 1.05 bits per heavy atom. The first kappa shape index (κ1) is 33.0. The van der Waals surface area contributed by atoms with Gasteiger partial charge < -0.3 is 20.1 Å². The Kier molecular flexibility index (Phi) is 11.8. The Balaban J connectivity index is 0.00000484. The second-order valence-electron chi connectivity index (χ2n) is 10.3. The lowest BCUT2D eigenvalue weighted by Gasteiger charge is -2.38. The lowest BCUT2D eigenvalue weighted by Crippen LogP contribution is -2.49. The van der Waals surface area contributed by atoms with E-state index in [9.17, 15) is 22.7 Å². The van der Waals surface area contributed by atoms with Crippen LogP contribution in [-0.2, 0) is 16.6 Å². The molecule has 42 heavy (non-hydrogen) atoms. The van der Waals surface area contributed by atoms with Crippen molar-refractivity contribution in [2.75, 3.05) is 35.9 Å². The molecule has 12 heteroatoms. The van der Waals surface area contributed by atoms with Gasteiger partial charge in [-0.15, -0.1) is 12.4 Å². The molecule has 0 saturated carbocycles. The zero-order chi connectivity index (χ0) is 29.4. The van der Waals surface area contributed by atoms with Crippen molar-refractivity contribution in [1.29, 1.82) is 0 Å². The standard InChI is InChI=1S/C30H37FN4O5S.ClH/c1-3-4-17-35(30(37)32-28-14-7-23(31)20-29(28)36)25-15-18-34(19-16-25)21-22-5-10-26(11-6-22)40-27-12-8-24(9-13-27)33-41(2,38)39;/h5-14,20,25,33,36H,3-4,15-19,21H2,1-2H3,(H,32,37);1H. The van der Waals surface area contributed by atoms with Crippen LogP contribution in [-0.4, -0.2) is 61.3 Å². The van der Waals surface area contributed by atoms with Crippen molar-refractivity contribution >= 4 is 39.8 Å². The highest BCUT2D eigenvalue weighted by Gasteiger charge is 2.28. The number of carbonyl (C=O) groups excluding carboxylic acids is 1. The zero-order valence-electron chi connectivity index (χ0n) is 23.8. The molecule has 0 aromatic heterocycles. The van der Waals surface area contributed by atoms with Crippen LogP contribution in [0.4, 0.5) is 20.6 Å². The summed E-state index contributed by atoms with van der Waals surface area (Å²) in [6.45, 7) is 5.16. The minimum absolute atomic E-state index is 0. The van der Waals surface area contributed by atoms with E-state index in [0.717, 1.165) is 63.2 Å². The van der Waals surface area contributed by atoms with Gasteiger partial charge in [0, 0.05) is 44.0 Å². The maximum atomic E-state index is 13.3. The molecular formula is C30H38ClFN4O5S. The van der Waals surface area contributed by atoms with Gasteiger partial charge in [0.05, 0.1) is 11.9 Å². The van der Waals surface area contributed by atoms with E-state index in [2.05, 4.69) is 21.9 Å². The van der Waals surface area contributed by atoms with Crippen LogP contribution in [0.2, 0.25) is 0 Å². The molecule has 1 saturated heterocycles. The average Bonchev–Trinajstić information content (AvgIpc) is 2.93. The number of urea groups is 1. The van der Waals surface area contributed by atoms with Crippen LogP contribution in [0.25, 0.3) is 0 Å². The molecule has 2 amide bonds. The molecule has 1 fully saturated rings. The van der Waals surface area contributed by atoms with Gasteiger partial charge in [0.25, 0.3) is 0 Å². The maximum Gasteiger partial charge on any atom is 0.322 e. The smallest absolute Gasteiger partial charge is 0.322 e. The zero-order valence-corrected chi connectivity index (χ0v) is 25.4. The molecule has 0 aliphatic carbocycles. The number of unbranched alkanes of at least 4 members (excludes halogenated alkanes) is 1. The fourth-order valence-electron chi connectivity index (χ4n) is 4.83. The van der Waals surface area contributed by atoms with Crippen LogP contribution in [0, 0.1) is 5.82 Å². The van der Waals surface area contributed by atoms with Crippen LogP contribution in [0.3, 0.4) is 0 Å². The highest BCUT2D eigenvalue weighted by Crippen LogP contribution is 2.27. The first-order chi connectivity index (χ1) is 19.6. The molecule has 0 atom stereocenters. The number of aromatic hydroxyl groups is 1. The third-order valence-electron chi connectivity index (χ3n) is 6.94. The third kappa shape index (κ3) is 9.78. The van der Waals surface area contributed by atoms with Gasteiger partial charge in [0.1, 0.15) is 23.1 Å². The molecule has 3 N–H and O–H groups in total. The summed E-state index contributed by atoms with van der Waals surface area (Å²) in [6.07, 6.45) is 4.60. The number of sulfonamides is 1. The SMILES string of the molecule is CCCCN(C(=O)Nc1ccc(F)cc1O)C1CCN(Cc2ccc(Oc3ccc(NS(C)(=O)=O)cc3)cc2)CC1.Cl. The van der Waals surface area contributed by atoms with E-state index in [-0.39, 0.29) is 35.9 Å². The number of carbonyl (C=O) groups is 1. The summed E-state index contributed by atoms with van der Waals surface area (Å²) in [4.78, 5) is 17.3. The third-order valence-corrected chi connectivity index (χ3v) is 7.54. The number of nitrogens with one attached hydrogen (secondary N) is 2. The van der Waals surface area contributed by atoms with E-state index < -0.39 is 15.8 Å². The number of piperidine rings is 1. The van der Waals surface area contributed by atoms with E-state index >= 15 is 0 Å². The van der Waals surface area contributed by atoms with Crippen molar-refractivity contribution in [3.8, 4) is 17.2 Å². The number of likely N-dealkylation sites (tertiary alicyclic amines) is 1. The minimum Gasteiger partial charge on any atom is -0.506 e. The fourth-order valence-corrected chi connectivity index (χ4v) is 5.39. The van der Waals surface area contributed by atoms with Crippen LogP contribution in [0.5, 0.6) is 17.2 Å². The number of ether oxygens (including phenoxy) is 1. The molecule has 1 heterocycles. The maximum absolute atomic E-state index is 13.3. The summed E-state index contributed by atoms with van der Waals surface area (Å²) in [5.74, 6) is 0.431.